The van der Waals surface area contributed by atoms with Gasteiger partial charge in [0, 0.05) is 31.7 Å². The molecule has 4 nitrogen and oxygen atoms in total. The van der Waals surface area contributed by atoms with Gasteiger partial charge in [-0.1, -0.05) is 20.8 Å². The number of nitrogens with zero attached hydrogens (tertiary/aromatic N) is 2. The fourth-order valence-electron chi connectivity index (χ4n) is 2.44. The molecule has 0 aliphatic carbocycles. The normalized spacial score (nSPS) is 29.5. The van der Waals surface area contributed by atoms with Crippen molar-refractivity contribution in [1.82, 2.24) is 9.21 Å². The fourth-order valence-corrected chi connectivity index (χ4v) is 3.41. The molecule has 0 aromatic carbocycles. The van der Waals surface area contributed by atoms with Crippen LogP contribution in [0, 0.1) is 5.41 Å². The van der Waals surface area contributed by atoms with Crippen LogP contribution in [0.2, 0.25) is 0 Å². The second kappa shape index (κ2) is 4.86. The van der Waals surface area contributed by atoms with Crippen molar-refractivity contribution in [1.29, 1.82) is 0 Å². The van der Waals surface area contributed by atoms with Crippen molar-refractivity contribution < 1.29 is 8.42 Å². The molecule has 5 heteroatoms. The third-order valence-corrected chi connectivity index (χ3v) is 4.43. The van der Waals surface area contributed by atoms with E-state index in [1.165, 1.54) is 6.26 Å². The molecule has 1 fully saturated rings. The molecule has 17 heavy (non-hydrogen) atoms. The zero-order valence-corrected chi connectivity index (χ0v) is 12.7. The first kappa shape index (κ1) is 14.9. The lowest BCUT2D eigenvalue weighted by Crippen LogP contribution is -2.59. The topological polar surface area (TPSA) is 40.6 Å². The predicted octanol–water partition coefficient (Wildman–Crippen LogP) is 1.39. The number of hydrogen-bond acceptors (Lipinski definition) is 3. The Morgan fingerprint density at radius 3 is 1.82 bits per heavy atom. The fraction of sp³-hybridized carbons (Fsp3) is 1.00. The molecule has 0 N–H and O–H groups in total. The van der Waals surface area contributed by atoms with Crippen molar-refractivity contribution in [3.63, 3.8) is 0 Å². The van der Waals surface area contributed by atoms with Gasteiger partial charge in [-0.25, -0.2) is 8.42 Å². The van der Waals surface area contributed by atoms with Crippen molar-refractivity contribution in [3.05, 3.63) is 0 Å². The van der Waals surface area contributed by atoms with Crippen molar-refractivity contribution in [2.75, 3.05) is 25.9 Å². The summed E-state index contributed by atoms with van der Waals surface area (Å²) in [7, 11) is -3.05. The van der Waals surface area contributed by atoms with Gasteiger partial charge in [0.15, 0.2) is 0 Å². The summed E-state index contributed by atoms with van der Waals surface area (Å²) in [6, 6.07) is 0.570. The summed E-state index contributed by atoms with van der Waals surface area (Å²) in [5.74, 6) is 0. The van der Waals surface area contributed by atoms with Crippen molar-refractivity contribution >= 4 is 10.0 Å². The van der Waals surface area contributed by atoms with Crippen LogP contribution in [0.3, 0.4) is 0 Å². The largest absolute Gasteiger partial charge is 0.295 e. The highest BCUT2D eigenvalue weighted by molar-refractivity contribution is 7.88. The lowest BCUT2D eigenvalue weighted by Gasteiger charge is -2.45. The van der Waals surface area contributed by atoms with Gasteiger partial charge in [0.1, 0.15) is 0 Å². The molecule has 1 aliphatic rings. The van der Waals surface area contributed by atoms with Gasteiger partial charge >= 0.3 is 0 Å². The van der Waals surface area contributed by atoms with Gasteiger partial charge in [-0.2, -0.15) is 4.31 Å². The minimum absolute atomic E-state index is 0.246. The van der Waals surface area contributed by atoms with Crippen LogP contribution in [0.15, 0.2) is 0 Å². The molecule has 0 spiro atoms. The van der Waals surface area contributed by atoms with Crippen molar-refractivity contribution in [3.8, 4) is 0 Å². The van der Waals surface area contributed by atoms with Gasteiger partial charge in [0.2, 0.25) is 10.0 Å². The van der Waals surface area contributed by atoms with E-state index in [2.05, 4.69) is 39.5 Å². The summed E-state index contributed by atoms with van der Waals surface area (Å²) in [5.41, 5.74) is 0.246. The second-order valence-electron chi connectivity index (χ2n) is 6.51. The third kappa shape index (κ3) is 4.23. The maximum atomic E-state index is 11.6. The summed E-state index contributed by atoms with van der Waals surface area (Å²) in [4.78, 5) is 2.42. The molecule has 0 amide bonds. The van der Waals surface area contributed by atoms with E-state index in [0.29, 0.717) is 13.1 Å². The first-order chi connectivity index (χ1) is 7.50. The third-order valence-electron chi connectivity index (χ3n) is 3.19. The average molecular weight is 262 g/mol. The smallest absolute Gasteiger partial charge is 0.211 e. The zero-order valence-electron chi connectivity index (χ0n) is 11.9. The average Bonchev–Trinajstić information content (AvgIpc) is 2.07. The van der Waals surface area contributed by atoms with Crippen LogP contribution >= 0.6 is 0 Å². The van der Waals surface area contributed by atoms with Crippen molar-refractivity contribution in [2.45, 2.75) is 46.7 Å². The first-order valence-corrected chi connectivity index (χ1v) is 8.06. The molecule has 0 aromatic rings. The van der Waals surface area contributed by atoms with E-state index in [4.69, 9.17) is 0 Å². The zero-order chi connectivity index (χ0) is 13.4. The molecule has 0 bridgehead atoms. The van der Waals surface area contributed by atoms with Crippen LogP contribution in [-0.4, -0.2) is 55.6 Å². The maximum absolute atomic E-state index is 11.6. The molecule has 0 radical (unpaired) electrons. The van der Waals surface area contributed by atoms with Gasteiger partial charge in [-0.3, -0.25) is 4.90 Å². The lowest BCUT2D eigenvalue weighted by atomic mass is 9.93. The van der Waals surface area contributed by atoms with Gasteiger partial charge in [0.05, 0.1) is 6.26 Å². The molecule has 1 heterocycles. The molecule has 2 atom stereocenters. The summed E-state index contributed by atoms with van der Waals surface area (Å²) >= 11 is 0. The minimum Gasteiger partial charge on any atom is -0.295 e. The maximum Gasteiger partial charge on any atom is 0.211 e. The van der Waals surface area contributed by atoms with E-state index >= 15 is 0 Å². The first-order valence-electron chi connectivity index (χ1n) is 6.21. The van der Waals surface area contributed by atoms with E-state index < -0.39 is 10.0 Å². The van der Waals surface area contributed by atoms with E-state index in [1.54, 1.807) is 4.31 Å². The molecule has 1 rings (SSSR count). The monoisotopic (exact) mass is 262 g/mol. The van der Waals surface area contributed by atoms with Crippen molar-refractivity contribution in [2.24, 2.45) is 5.41 Å². The number of sulfonamides is 1. The van der Waals surface area contributed by atoms with Crippen LogP contribution in [0.1, 0.15) is 34.6 Å². The van der Waals surface area contributed by atoms with Crippen LogP contribution in [-0.2, 0) is 10.0 Å². The summed E-state index contributed by atoms with van der Waals surface area (Å²) in [6.07, 6.45) is 1.30. The molecule has 1 saturated heterocycles. The highest BCUT2D eigenvalue weighted by Gasteiger charge is 2.34. The minimum atomic E-state index is -3.05. The lowest BCUT2D eigenvalue weighted by molar-refractivity contribution is 0.0472. The highest BCUT2D eigenvalue weighted by Crippen LogP contribution is 2.23. The Balaban J connectivity index is 2.76. The number of piperazine rings is 1. The van der Waals surface area contributed by atoms with Gasteiger partial charge in [-0.15, -0.1) is 0 Å². The Bertz CT molecular complexity index is 347. The van der Waals surface area contributed by atoms with E-state index in [9.17, 15) is 8.42 Å². The Kier molecular flexibility index (Phi) is 4.27. The van der Waals surface area contributed by atoms with Gasteiger partial charge in [0.25, 0.3) is 0 Å². The van der Waals surface area contributed by atoms with Crippen LogP contribution in [0.5, 0.6) is 0 Å². The van der Waals surface area contributed by atoms with Crippen LogP contribution < -0.4 is 0 Å². The molecular weight excluding hydrogens is 236 g/mol. The van der Waals surface area contributed by atoms with E-state index in [-0.39, 0.29) is 17.5 Å². The Morgan fingerprint density at radius 1 is 1.12 bits per heavy atom. The summed E-state index contributed by atoms with van der Waals surface area (Å²) in [5, 5.41) is 0. The van der Waals surface area contributed by atoms with E-state index in [0.717, 1.165) is 6.54 Å². The Labute approximate surface area is 106 Å². The predicted molar refractivity (Wildman–Crippen MR) is 71.5 cm³/mol. The number of rotatable bonds is 2. The molecule has 0 aromatic heterocycles. The molecule has 0 unspecified atom stereocenters. The van der Waals surface area contributed by atoms with E-state index in [1.807, 2.05) is 0 Å². The second-order valence-corrected chi connectivity index (χ2v) is 8.49. The van der Waals surface area contributed by atoms with Crippen LogP contribution in [0.25, 0.3) is 0 Å². The molecule has 1 aliphatic heterocycles. The standard InChI is InChI=1S/C12H26N2O2S/c1-10-7-13(17(6,15)16)8-11(2)14(10)9-12(3,4)5/h10-11H,7-9H2,1-6H3/t10-,11+. The quantitative estimate of drug-likeness (QED) is 0.755. The Hall–Kier alpha value is -0.130. The molecule has 102 valence electrons. The van der Waals surface area contributed by atoms with Gasteiger partial charge < -0.3 is 0 Å². The SMILES string of the molecule is C[C@@H]1CN(S(C)(=O)=O)C[C@H](C)N1CC(C)(C)C. The highest BCUT2D eigenvalue weighted by atomic mass is 32.2. The molecular formula is C12H26N2O2S. The van der Waals surface area contributed by atoms with Crippen LogP contribution in [0.4, 0.5) is 0 Å². The summed E-state index contributed by atoms with van der Waals surface area (Å²) < 4.78 is 24.8. The number of hydrogen-bond donors (Lipinski definition) is 0. The Morgan fingerprint density at radius 2 is 1.53 bits per heavy atom. The summed E-state index contributed by atoms with van der Waals surface area (Å²) in [6.45, 7) is 13.1. The molecule has 0 saturated carbocycles. The van der Waals surface area contributed by atoms with Gasteiger partial charge in [-0.05, 0) is 19.3 Å².